The van der Waals surface area contributed by atoms with Gasteiger partial charge in [0.2, 0.25) is 0 Å². The van der Waals surface area contributed by atoms with Gasteiger partial charge < -0.3 is 10.2 Å². The van der Waals surface area contributed by atoms with Gasteiger partial charge in [0.1, 0.15) is 0 Å². The number of hydrogen-bond acceptors (Lipinski definition) is 2. The first-order chi connectivity index (χ1) is 10.8. The van der Waals surface area contributed by atoms with Crippen LogP contribution in [0, 0.1) is 45.3 Å². The van der Waals surface area contributed by atoms with Crippen LogP contribution >= 0.6 is 0 Å². The van der Waals surface area contributed by atoms with Gasteiger partial charge in [-0.15, -0.1) is 0 Å². The van der Waals surface area contributed by atoms with Crippen LogP contribution in [0.15, 0.2) is 0 Å². The van der Waals surface area contributed by atoms with Crippen LogP contribution in [0.1, 0.15) is 67.2 Å². The largest absolute Gasteiger partial charge is 0.481 e. The van der Waals surface area contributed by atoms with Crippen molar-refractivity contribution in [1.29, 1.82) is 0 Å². The molecule has 4 heteroatoms. The maximum atomic E-state index is 12.7. The van der Waals surface area contributed by atoms with E-state index >= 15 is 0 Å². The van der Waals surface area contributed by atoms with Gasteiger partial charge in [0.25, 0.3) is 0 Å². The minimum atomic E-state index is -0.918. The van der Waals surface area contributed by atoms with Crippen LogP contribution in [0.25, 0.3) is 0 Å². The van der Waals surface area contributed by atoms with Gasteiger partial charge >= 0.3 is 11.9 Å². The normalized spacial score (nSPS) is 44.6. The second kappa shape index (κ2) is 4.76. The molecule has 4 bridgehead atoms. The number of rotatable bonds is 2. The van der Waals surface area contributed by atoms with Crippen molar-refractivity contribution in [3.63, 3.8) is 0 Å². The van der Waals surface area contributed by atoms with E-state index in [0.29, 0.717) is 19.3 Å². The smallest absolute Gasteiger partial charge is 0.310 e. The van der Waals surface area contributed by atoms with E-state index in [0.717, 1.165) is 6.42 Å². The van der Waals surface area contributed by atoms with Crippen molar-refractivity contribution in [2.45, 2.75) is 67.2 Å². The third-order valence-corrected chi connectivity index (χ3v) is 7.26. The summed E-state index contributed by atoms with van der Waals surface area (Å²) in [6, 6.07) is 0. The molecule has 0 saturated heterocycles. The summed E-state index contributed by atoms with van der Waals surface area (Å²) in [6.45, 7) is 12.5. The fourth-order valence-electron chi connectivity index (χ4n) is 7.85. The molecule has 0 heterocycles. The molecule has 0 amide bonds. The predicted molar refractivity (Wildman–Crippen MR) is 91.5 cm³/mol. The molecule has 0 aliphatic heterocycles. The van der Waals surface area contributed by atoms with Crippen LogP contribution in [0.3, 0.4) is 0 Å². The molecular weight excluding hydrogens is 304 g/mol. The van der Waals surface area contributed by atoms with E-state index in [2.05, 4.69) is 20.8 Å². The lowest BCUT2D eigenvalue weighted by Gasteiger charge is -2.71. The molecule has 6 unspecified atom stereocenters. The third-order valence-electron chi connectivity index (χ3n) is 7.26. The summed E-state index contributed by atoms with van der Waals surface area (Å²) < 4.78 is 0. The first kappa shape index (κ1) is 17.8. The van der Waals surface area contributed by atoms with Crippen molar-refractivity contribution in [2.24, 2.45) is 45.3 Å². The molecule has 4 aliphatic rings. The van der Waals surface area contributed by atoms with Crippen molar-refractivity contribution in [1.82, 2.24) is 0 Å². The summed E-state index contributed by atoms with van der Waals surface area (Å²) in [5, 5.41) is 20.7. The maximum Gasteiger partial charge on any atom is 0.310 e. The number of carbonyl (C=O) groups is 2. The summed E-state index contributed by atoms with van der Waals surface area (Å²) in [6.07, 6.45) is 2.96. The average Bonchev–Trinajstić information content (AvgIpc) is 2.33. The number of carboxylic acid groups (broad SMARTS) is 2. The molecule has 0 spiro atoms. The zero-order chi connectivity index (χ0) is 18.3. The van der Waals surface area contributed by atoms with Crippen molar-refractivity contribution in [3.05, 3.63) is 0 Å². The Labute approximate surface area is 145 Å². The molecule has 0 aromatic rings. The SMILES string of the molecule is CC(C)(C)C1C2CC3CC(C(=O)O)(C2)C(C(C)(C)C)C1(C(=O)O)C3. The summed E-state index contributed by atoms with van der Waals surface area (Å²) in [5.41, 5.74) is -2.28. The number of aliphatic carboxylic acids is 2. The first-order valence-corrected chi connectivity index (χ1v) is 9.23. The second-order valence-electron chi connectivity index (χ2n) is 10.9. The molecule has 2 N–H and O–H groups in total. The van der Waals surface area contributed by atoms with E-state index < -0.39 is 22.8 Å². The molecule has 4 fully saturated rings. The standard InChI is InChI=1S/C20H32O4/c1-17(2,3)13-12-7-11-8-19(10-12,15(21)22)14(18(4,5)6)20(13,9-11)16(23)24/h11-14H,7-10H2,1-6H3,(H,21,22)(H,23,24). The highest BCUT2D eigenvalue weighted by Crippen LogP contribution is 2.75. The summed E-state index contributed by atoms with van der Waals surface area (Å²) in [5.74, 6) is -1.37. The van der Waals surface area contributed by atoms with Gasteiger partial charge in [0.05, 0.1) is 10.8 Å². The van der Waals surface area contributed by atoms with E-state index in [9.17, 15) is 19.8 Å². The fourth-order valence-corrected chi connectivity index (χ4v) is 7.85. The Morgan fingerprint density at radius 2 is 1.46 bits per heavy atom. The third kappa shape index (κ3) is 2.04. The predicted octanol–water partition coefficient (Wildman–Crippen LogP) is 4.29. The summed E-state index contributed by atoms with van der Waals surface area (Å²) >= 11 is 0. The number of carboxylic acids is 2. The highest BCUT2D eigenvalue weighted by molar-refractivity contribution is 5.82. The van der Waals surface area contributed by atoms with Crippen molar-refractivity contribution in [3.8, 4) is 0 Å². The topological polar surface area (TPSA) is 74.6 Å². The van der Waals surface area contributed by atoms with Gasteiger partial charge in [-0.1, -0.05) is 41.5 Å². The summed E-state index contributed by atoms with van der Waals surface area (Å²) in [4.78, 5) is 25.2. The van der Waals surface area contributed by atoms with Crippen LogP contribution in [-0.2, 0) is 9.59 Å². The van der Waals surface area contributed by atoms with Crippen molar-refractivity contribution < 1.29 is 19.8 Å². The Hall–Kier alpha value is -1.06. The lowest BCUT2D eigenvalue weighted by atomic mass is 9.31. The van der Waals surface area contributed by atoms with E-state index in [1.165, 1.54) is 0 Å². The Bertz CT molecular complexity index is 581. The quantitative estimate of drug-likeness (QED) is 0.789. The Kier molecular flexibility index (Phi) is 3.52. The van der Waals surface area contributed by atoms with Crippen LogP contribution in [0.2, 0.25) is 0 Å². The van der Waals surface area contributed by atoms with E-state index in [-0.39, 0.29) is 34.5 Å². The Balaban J connectivity index is 2.30. The minimum absolute atomic E-state index is 0.0377. The van der Waals surface area contributed by atoms with Crippen LogP contribution in [0.5, 0.6) is 0 Å². The summed E-state index contributed by atoms with van der Waals surface area (Å²) in [7, 11) is 0. The molecule has 136 valence electrons. The highest BCUT2D eigenvalue weighted by atomic mass is 16.4. The van der Waals surface area contributed by atoms with Gasteiger partial charge in [-0.25, -0.2) is 0 Å². The molecule has 6 atom stereocenters. The molecule has 4 saturated carbocycles. The average molecular weight is 336 g/mol. The second-order valence-corrected chi connectivity index (χ2v) is 10.9. The van der Waals surface area contributed by atoms with Crippen molar-refractivity contribution in [2.75, 3.05) is 0 Å². The Morgan fingerprint density at radius 3 is 1.88 bits per heavy atom. The number of hydrogen-bond donors (Lipinski definition) is 2. The van der Waals surface area contributed by atoms with Crippen molar-refractivity contribution >= 4 is 11.9 Å². The minimum Gasteiger partial charge on any atom is -0.481 e. The molecule has 4 aliphatic carbocycles. The van der Waals surface area contributed by atoms with Gasteiger partial charge in [0.15, 0.2) is 0 Å². The lowest BCUT2D eigenvalue weighted by Crippen LogP contribution is -2.72. The van der Waals surface area contributed by atoms with Crippen LogP contribution in [0.4, 0.5) is 0 Å². The fraction of sp³-hybridized carbons (Fsp3) is 0.900. The van der Waals surface area contributed by atoms with Crippen LogP contribution in [-0.4, -0.2) is 22.2 Å². The molecule has 0 radical (unpaired) electrons. The zero-order valence-electron chi connectivity index (χ0n) is 15.8. The van der Waals surface area contributed by atoms with E-state index in [1.54, 1.807) is 0 Å². The monoisotopic (exact) mass is 336 g/mol. The van der Waals surface area contributed by atoms with E-state index in [4.69, 9.17) is 0 Å². The lowest BCUT2D eigenvalue weighted by molar-refractivity contribution is -0.259. The first-order valence-electron chi connectivity index (χ1n) is 9.23. The van der Waals surface area contributed by atoms with Gasteiger partial charge in [-0.3, -0.25) is 9.59 Å². The molecule has 0 aromatic carbocycles. The molecule has 4 nitrogen and oxygen atoms in total. The van der Waals surface area contributed by atoms with Gasteiger partial charge in [-0.2, -0.15) is 0 Å². The van der Waals surface area contributed by atoms with Gasteiger partial charge in [-0.05, 0) is 60.2 Å². The molecule has 0 aromatic heterocycles. The van der Waals surface area contributed by atoms with Gasteiger partial charge in [0, 0.05) is 0 Å². The molecular formula is C20H32O4. The Morgan fingerprint density at radius 1 is 0.875 bits per heavy atom. The maximum absolute atomic E-state index is 12.7. The molecule has 24 heavy (non-hydrogen) atoms. The highest BCUT2D eigenvalue weighted by Gasteiger charge is 2.76. The van der Waals surface area contributed by atoms with E-state index in [1.807, 2.05) is 20.8 Å². The van der Waals surface area contributed by atoms with Crippen LogP contribution < -0.4 is 0 Å². The zero-order valence-corrected chi connectivity index (χ0v) is 15.8. The molecule has 4 rings (SSSR count).